The molecule has 2 aliphatic heterocycles. The molecule has 0 N–H and O–H groups in total. The molecule has 4 atom stereocenters. The van der Waals surface area contributed by atoms with Crippen molar-refractivity contribution in [2.45, 2.75) is 57.7 Å². The third-order valence-corrected chi connectivity index (χ3v) is 5.56. The van der Waals surface area contributed by atoms with Crippen LogP contribution >= 0.6 is 0 Å². The fourth-order valence-corrected chi connectivity index (χ4v) is 4.58. The van der Waals surface area contributed by atoms with Crippen molar-refractivity contribution < 1.29 is 19.1 Å². The fourth-order valence-electron chi connectivity index (χ4n) is 4.58. The first-order chi connectivity index (χ1) is 9.35. The Morgan fingerprint density at radius 2 is 2.15 bits per heavy atom. The predicted octanol–water partition coefficient (Wildman–Crippen LogP) is 2.62. The molecule has 0 spiro atoms. The topological polar surface area (TPSA) is 52.6 Å². The minimum Gasteiger partial charge on any atom is -0.462 e. The van der Waals surface area contributed by atoms with E-state index in [2.05, 4.69) is 6.58 Å². The van der Waals surface area contributed by atoms with Gasteiger partial charge in [-0.2, -0.15) is 0 Å². The Bertz CT molecular complexity index is 467. The SMILES string of the molecule is C=CC(=O)OC(C)(C)C12CC3CC(C1)OC(=O)C(C3)C2. The zero-order valence-corrected chi connectivity index (χ0v) is 12.2. The number of hydrogen-bond donors (Lipinski definition) is 0. The molecule has 20 heavy (non-hydrogen) atoms. The second kappa shape index (κ2) is 4.34. The quantitative estimate of drug-likeness (QED) is 0.588. The second-order valence-electron chi connectivity index (χ2n) is 7.12. The van der Waals surface area contributed by atoms with Crippen LogP contribution in [0.15, 0.2) is 12.7 Å². The first-order valence-corrected chi connectivity index (χ1v) is 7.41. The summed E-state index contributed by atoms with van der Waals surface area (Å²) in [6.45, 7) is 7.40. The molecule has 0 aromatic carbocycles. The van der Waals surface area contributed by atoms with E-state index < -0.39 is 11.6 Å². The predicted molar refractivity (Wildman–Crippen MR) is 72.7 cm³/mol. The summed E-state index contributed by atoms with van der Waals surface area (Å²) in [7, 11) is 0. The highest BCUT2D eigenvalue weighted by Gasteiger charge is 2.59. The zero-order valence-electron chi connectivity index (χ0n) is 12.2. The van der Waals surface area contributed by atoms with Crippen LogP contribution in [-0.2, 0) is 19.1 Å². The highest BCUT2D eigenvalue weighted by Crippen LogP contribution is 2.59. The lowest BCUT2D eigenvalue weighted by molar-refractivity contribution is -0.180. The van der Waals surface area contributed by atoms with Crippen LogP contribution in [0.4, 0.5) is 0 Å². The van der Waals surface area contributed by atoms with Gasteiger partial charge >= 0.3 is 11.9 Å². The third-order valence-electron chi connectivity index (χ3n) is 5.56. The molecule has 4 fully saturated rings. The van der Waals surface area contributed by atoms with E-state index in [1.165, 1.54) is 6.08 Å². The van der Waals surface area contributed by atoms with Crippen molar-refractivity contribution in [1.82, 2.24) is 0 Å². The van der Waals surface area contributed by atoms with Crippen LogP contribution in [0.2, 0.25) is 0 Å². The standard InChI is InChI=1S/C16H22O4/c1-4-13(17)20-15(2,3)16-7-10-5-11(8-16)14(18)19-12(6-10)9-16/h4,10-12H,1,5-9H2,2-3H3. The molecule has 110 valence electrons. The average Bonchev–Trinajstić information content (AvgIpc) is 2.52. The maximum atomic E-state index is 12.1. The smallest absolute Gasteiger partial charge is 0.330 e. The largest absolute Gasteiger partial charge is 0.462 e. The van der Waals surface area contributed by atoms with Gasteiger partial charge in [-0.25, -0.2) is 4.79 Å². The summed E-state index contributed by atoms with van der Waals surface area (Å²) >= 11 is 0. The molecule has 0 amide bonds. The summed E-state index contributed by atoms with van der Waals surface area (Å²) in [5.74, 6) is 0.0465. The van der Waals surface area contributed by atoms with Crippen molar-refractivity contribution in [1.29, 1.82) is 0 Å². The summed E-state index contributed by atoms with van der Waals surface area (Å²) < 4.78 is 11.2. The molecular weight excluding hydrogens is 256 g/mol. The van der Waals surface area contributed by atoms with Gasteiger partial charge in [0.1, 0.15) is 11.7 Å². The molecule has 2 heterocycles. The van der Waals surface area contributed by atoms with E-state index in [-0.39, 0.29) is 23.4 Å². The van der Waals surface area contributed by atoms with E-state index in [0.29, 0.717) is 5.92 Å². The second-order valence-corrected chi connectivity index (χ2v) is 7.12. The number of ether oxygens (including phenoxy) is 2. The summed E-state index contributed by atoms with van der Waals surface area (Å²) in [5, 5.41) is 0. The van der Waals surface area contributed by atoms with Crippen LogP contribution < -0.4 is 0 Å². The minimum absolute atomic E-state index is 0.00421. The van der Waals surface area contributed by atoms with Gasteiger partial charge in [0.05, 0.1) is 5.92 Å². The summed E-state index contributed by atoms with van der Waals surface area (Å²) in [5.41, 5.74) is -0.740. The molecular formula is C16H22O4. The number of carbonyl (C=O) groups excluding carboxylic acids is 2. The molecule has 2 saturated heterocycles. The van der Waals surface area contributed by atoms with Gasteiger partial charge in [0.15, 0.2) is 0 Å². The van der Waals surface area contributed by atoms with Gasteiger partial charge in [0.25, 0.3) is 0 Å². The number of hydrogen-bond acceptors (Lipinski definition) is 4. The molecule has 4 heteroatoms. The van der Waals surface area contributed by atoms with E-state index in [4.69, 9.17) is 9.47 Å². The Morgan fingerprint density at radius 3 is 2.85 bits per heavy atom. The van der Waals surface area contributed by atoms with Crippen LogP contribution in [0.3, 0.4) is 0 Å². The molecule has 0 aromatic heterocycles. The zero-order chi connectivity index (χ0) is 14.5. The van der Waals surface area contributed by atoms with E-state index in [0.717, 1.165) is 32.1 Å². The van der Waals surface area contributed by atoms with Gasteiger partial charge in [0.2, 0.25) is 0 Å². The third kappa shape index (κ3) is 1.97. The van der Waals surface area contributed by atoms with Crippen molar-refractivity contribution >= 4 is 11.9 Å². The molecule has 2 aliphatic carbocycles. The van der Waals surface area contributed by atoms with E-state index in [1.54, 1.807) is 0 Å². The van der Waals surface area contributed by atoms with E-state index in [1.807, 2.05) is 13.8 Å². The Labute approximate surface area is 119 Å². The normalized spacial score (nSPS) is 39.1. The molecule has 0 aromatic rings. The lowest BCUT2D eigenvalue weighted by Gasteiger charge is -2.53. The molecule has 4 unspecified atom stereocenters. The highest BCUT2D eigenvalue weighted by atomic mass is 16.6. The first-order valence-electron chi connectivity index (χ1n) is 7.41. The van der Waals surface area contributed by atoms with Crippen LogP contribution in [-0.4, -0.2) is 23.6 Å². The fraction of sp³-hybridized carbons (Fsp3) is 0.750. The van der Waals surface area contributed by atoms with Crippen molar-refractivity contribution in [2.75, 3.05) is 0 Å². The maximum Gasteiger partial charge on any atom is 0.330 e. The van der Waals surface area contributed by atoms with Crippen molar-refractivity contribution in [3.8, 4) is 0 Å². The highest BCUT2D eigenvalue weighted by molar-refractivity contribution is 5.81. The maximum absolute atomic E-state index is 12.1. The van der Waals surface area contributed by atoms with Crippen LogP contribution in [0.1, 0.15) is 46.0 Å². The van der Waals surface area contributed by atoms with Gasteiger partial charge in [-0.1, -0.05) is 6.58 Å². The van der Waals surface area contributed by atoms with Crippen LogP contribution in [0, 0.1) is 17.3 Å². The number of fused-ring (bicyclic) bond motifs is 1. The van der Waals surface area contributed by atoms with Gasteiger partial charge < -0.3 is 9.47 Å². The average molecular weight is 278 g/mol. The molecule has 2 saturated carbocycles. The van der Waals surface area contributed by atoms with E-state index in [9.17, 15) is 9.59 Å². The summed E-state index contributed by atoms with van der Waals surface area (Å²) in [6.07, 6.45) is 5.71. The Morgan fingerprint density at radius 1 is 1.40 bits per heavy atom. The lowest BCUT2D eigenvalue weighted by Crippen LogP contribution is -2.54. The van der Waals surface area contributed by atoms with Crippen LogP contribution in [0.25, 0.3) is 0 Å². The van der Waals surface area contributed by atoms with Crippen molar-refractivity contribution in [2.24, 2.45) is 17.3 Å². The van der Waals surface area contributed by atoms with E-state index >= 15 is 0 Å². The summed E-state index contributed by atoms with van der Waals surface area (Å²) in [4.78, 5) is 23.7. The molecule has 0 radical (unpaired) electrons. The summed E-state index contributed by atoms with van der Waals surface area (Å²) in [6, 6.07) is 0. The lowest BCUT2D eigenvalue weighted by atomic mass is 9.53. The first kappa shape index (κ1) is 13.7. The van der Waals surface area contributed by atoms with Gasteiger partial charge in [-0.15, -0.1) is 0 Å². The van der Waals surface area contributed by atoms with Gasteiger partial charge in [-0.05, 0) is 51.9 Å². The molecule has 4 nitrogen and oxygen atoms in total. The Hall–Kier alpha value is -1.32. The van der Waals surface area contributed by atoms with Crippen LogP contribution in [0.5, 0.6) is 0 Å². The number of carbonyl (C=O) groups is 2. The van der Waals surface area contributed by atoms with Gasteiger partial charge in [-0.3, -0.25) is 4.79 Å². The molecule has 4 aliphatic rings. The molecule has 4 bridgehead atoms. The molecule has 4 rings (SSSR count). The number of esters is 2. The number of rotatable bonds is 3. The van der Waals surface area contributed by atoms with Gasteiger partial charge in [0, 0.05) is 11.5 Å². The monoisotopic (exact) mass is 278 g/mol. The van der Waals surface area contributed by atoms with Crippen molar-refractivity contribution in [3.05, 3.63) is 12.7 Å². The minimum atomic E-state index is -0.595. The Balaban J connectivity index is 1.93. The van der Waals surface area contributed by atoms with Crippen molar-refractivity contribution in [3.63, 3.8) is 0 Å². The Kier molecular flexibility index (Phi) is 2.96.